The second-order valence-corrected chi connectivity index (χ2v) is 9.81. The molecule has 0 bridgehead atoms. The van der Waals surface area contributed by atoms with Gasteiger partial charge in [-0.25, -0.2) is 4.98 Å². The van der Waals surface area contributed by atoms with Gasteiger partial charge < -0.3 is 9.47 Å². The second kappa shape index (κ2) is 8.98. The van der Waals surface area contributed by atoms with Crippen LogP contribution in [0.5, 0.6) is 11.5 Å². The van der Waals surface area contributed by atoms with E-state index in [9.17, 15) is 4.79 Å². The van der Waals surface area contributed by atoms with Crippen LogP contribution in [0.4, 0.5) is 0 Å². The van der Waals surface area contributed by atoms with Crippen molar-refractivity contribution in [2.75, 3.05) is 6.79 Å². The molecule has 0 radical (unpaired) electrons. The summed E-state index contributed by atoms with van der Waals surface area (Å²) in [5.41, 5.74) is 2.31. The first kappa shape index (κ1) is 21.6. The largest absolute Gasteiger partial charge is 0.454 e. The molecule has 0 fully saturated rings. The molecule has 3 aromatic carbocycles. The lowest BCUT2D eigenvalue weighted by molar-refractivity contribution is 0.174. The average Bonchev–Trinajstić information content (AvgIpc) is 3.26. The van der Waals surface area contributed by atoms with Gasteiger partial charge in [-0.05, 0) is 47.5 Å². The Morgan fingerprint density at radius 1 is 1.06 bits per heavy atom. The number of fused-ring (bicyclic) bond motifs is 2. The summed E-state index contributed by atoms with van der Waals surface area (Å²) in [5, 5.41) is 2.24. The summed E-state index contributed by atoms with van der Waals surface area (Å²) >= 11 is 17.6. The Morgan fingerprint density at radius 2 is 1.91 bits per heavy atom. The highest BCUT2D eigenvalue weighted by molar-refractivity contribution is 9.10. The number of benzene rings is 3. The van der Waals surface area contributed by atoms with Gasteiger partial charge in [0.05, 0.1) is 22.5 Å². The number of hydrogen-bond donors (Lipinski definition) is 0. The molecule has 0 saturated heterocycles. The molecule has 9 heteroatoms. The van der Waals surface area contributed by atoms with Crippen LogP contribution < -0.4 is 15.0 Å². The summed E-state index contributed by atoms with van der Waals surface area (Å²) in [5.74, 6) is 1.73. The Kier molecular flexibility index (Phi) is 6.07. The maximum atomic E-state index is 13.4. The number of nitrogens with zero attached hydrogens (tertiary/aromatic N) is 2. The van der Waals surface area contributed by atoms with Gasteiger partial charge in [-0.2, -0.15) is 0 Å². The number of thioether (sulfide) groups is 1. The van der Waals surface area contributed by atoms with E-state index in [0.29, 0.717) is 49.9 Å². The van der Waals surface area contributed by atoms with Gasteiger partial charge in [0.15, 0.2) is 16.7 Å². The highest BCUT2D eigenvalue weighted by atomic mass is 79.9. The third-order valence-electron chi connectivity index (χ3n) is 5.02. The van der Waals surface area contributed by atoms with Crippen LogP contribution >= 0.6 is 50.9 Å². The number of hydrogen-bond acceptors (Lipinski definition) is 5. The predicted octanol–water partition coefficient (Wildman–Crippen LogP) is 6.54. The molecule has 1 aliphatic rings. The summed E-state index contributed by atoms with van der Waals surface area (Å²) < 4.78 is 13.3. The van der Waals surface area contributed by atoms with Gasteiger partial charge in [0, 0.05) is 15.2 Å². The Bertz CT molecular complexity index is 1410. The zero-order chi connectivity index (χ0) is 22.2. The van der Waals surface area contributed by atoms with E-state index >= 15 is 0 Å². The Labute approximate surface area is 206 Å². The fraction of sp³-hybridized carbons (Fsp3) is 0.130. The van der Waals surface area contributed by atoms with Crippen LogP contribution in [-0.4, -0.2) is 16.3 Å². The second-order valence-electron chi connectivity index (χ2n) is 7.14. The number of aromatic nitrogens is 2. The molecule has 0 amide bonds. The van der Waals surface area contributed by atoms with Gasteiger partial charge in [-0.15, -0.1) is 0 Å². The number of ether oxygens (including phenoxy) is 2. The molecule has 2 heterocycles. The summed E-state index contributed by atoms with van der Waals surface area (Å²) in [7, 11) is 0. The van der Waals surface area contributed by atoms with Gasteiger partial charge in [-0.3, -0.25) is 9.36 Å². The Balaban J connectivity index is 1.55. The van der Waals surface area contributed by atoms with E-state index in [-0.39, 0.29) is 12.4 Å². The van der Waals surface area contributed by atoms with Gasteiger partial charge >= 0.3 is 0 Å². The molecule has 5 nitrogen and oxygen atoms in total. The molecular weight excluding hydrogens is 535 g/mol. The van der Waals surface area contributed by atoms with Crippen molar-refractivity contribution in [2.45, 2.75) is 17.5 Å². The summed E-state index contributed by atoms with van der Waals surface area (Å²) in [6.07, 6.45) is 0. The van der Waals surface area contributed by atoms with Gasteiger partial charge in [0.1, 0.15) is 0 Å². The van der Waals surface area contributed by atoms with Crippen LogP contribution in [-0.2, 0) is 12.3 Å². The quantitative estimate of drug-likeness (QED) is 0.209. The molecule has 0 unspecified atom stereocenters. The van der Waals surface area contributed by atoms with Crippen molar-refractivity contribution < 1.29 is 9.47 Å². The lowest BCUT2D eigenvalue weighted by Gasteiger charge is -2.14. The average molecular weight is 550 g/mol. The summed E-state index contributed by atoms with van der Waals surface area (Å²) in [6, 6.07) is 16.7. The van der Waals surface area contributed by atoms with Crippen molar-refractivity contribution >= 4 is 61.8 Å². The predicted molar refractivity (Wildman–Crippen MR) is 131 cm³/mol. The highest BCUT2D eigenvalue weighted by Gasteiger charge is 2.19. The van der Waals surface area contributed by atoms with Crippen molar-refractivity contribution in [1.29, 1.82) is 0 Å². The van der Waals surface area contributed by atoms with E-state index in [4.69, 9.17) is 37.7 Å². The Hall–Kier alpha value is -2.19. The lowest BCUT2D eigenvalue weighted by atomic mass is 10.2. The topological polar surface area (TPSA) is 53.4 Å². The van der Waals surface area contributed by atoms with E-state index in [1.54, 1.807) is 10.6 Å². The first-order valence-electron chi connectivity index (χ1n) is 9.64. The maximum Gasteiger partial charge on any atom is 0.262 e. The molecule has 0 atom stereocenters. The molecule has 0 aliphatic carbocycles. The zero-order valence-electron chi connectivity index (χ0n) is 16.5. The minimum absolute atomic E-state index is 0.123. The standard InChI is InChI=1S/C23H15BrCl2N2O3S/c24-15-5-6-19-16(9-15)22(29)28(10-14-3-1-2-4-17(14)25)23(27-19)32-11-13-7-18(26)21-20(8-13)30-12-31-21/h1-9H,10-12H2. The maximum absolute atomic E-state index is 13.4. The van der Waals surface area contributed by atoms with Crippen LogP contribution in [0.1, 0.15) is 11.1 Å². The number of rotatable bonds is 5. The van der Waals surface area contributed by atoms with Crippen molar-refractivity contribution in [3.05, 3.63) is 90.6 Å². The van der Waals surface area contributed by atoms with Crippen LogP contribution in [0, 0.1) is 0 Å². The summed E-state index contributed by atoms with van der Waals surface area (Å²) in [6.45, 7) is 0.475. The fourth-order valence-electron chi connectivity index (χ4n) is 3.47. The summed E-state index contributed by atoms with van der Waals surface area (Å²) in [4.78, 5) is 18.2. The SMILES string of the molecule is O=c1c2cc(Br)ccc2nc(SCc2cc(Cl)c3c(c2)OCO3)n1Cc1ccccc1Cl. The minimum atomic E-state index is -0.123. The first-order valence-corrected chi connectivity index (χ1v) is 12.2. The lowest BCUT2D eigenvalue weighted by Crippen LogP contribution is -2.24. The highest BCUT2D eigenvalue weighted by Crippen LogP contribution is 2.41. The van der Waals surface area contributed by atoms with E-state index in [2.05, 4.69) is 15.9 Å². The molecule has 1 aliphatic heterocycles. The molecule has 0 spiro atoms. The Morgan fingerprint density at radius 3 is 2.75 bits per heavy atom. The van der Waals surface area contributed by atoms with E-state index < -0.39 is 0 Å². The molecule has 32 heavy (non-hydrogen) atoms. The third kappa shape index (κ3) is 4.22. The molecule has 1 aromatic heterocycles. The molecule has 0 N–H and O–H groups in total. The smallest absolute Gasteiger partial charge is 0.262 e. The number of halogens is 3. The van der Waals surface area contributed by atoms with Crippen LogP contribution in [0.2, 0.25) is 10.0 Å². The van der Waals surface area contributed by atoms with Gasteiger partial charge in [-0.1, -0.05) is 69.1 Å². The molecule has 4 aromatic rings. The zero-order valence-corrected chi connectivity index (χ0v) is 20.4. The minimum Gasteiger partial charge on any atom is -0.454 e. The van der Waals surface area contributed by atoms with Gasteiger partial charge in [0.2, 0.25) is 6.79 Å². The fourth-order valence-corrected chi connectivity index (χ4v) is 5.24. The van der Waals surface area contributed by atoms with E-state index in [1.807, 2.05) is 48.5 Å². The normalized spacial score (nSPS) is 12.5. The van der Waals surface area contributed by atoms with Crippen LogP contribution in [0.3, 0.4) is 0 Å². The van der Waals surface area contributed by atoms with Crippen molar-refractivity contribution in [1.82, 2.24) is 9.55 Å². The van der Waals surface area contributed by atoms with Crippen LogP contribution in [0.15, 0.2) is 69.0 Å². The van der Waals surface area contributed by atoms with Crippen molar-refractivity contribution in [3.8, 4) is 11.5 Å². The van der Waals surface area contributed by atoms with Crippen LogP contribution in [0.25, 0.3) is 10.9 Å². The molecule has 0 saturated carbocycles. The first-order chi connectivity index (χ1) is 15.5. The van der Waals surface area contributed by atoms with E-state index in [1.165, 1.54) is 11.8 Å². The van der Waals surface area contributed by atoms with Crippen molar-refractivity contribution in [3.63, 3.8) is 0 Å². The van der Waals surface area contributed by atoms with Crippen molar-refractivity contribution in [2.24, 2.45) is 0 Å². The van der Waals surface area contributed by atoms with Gasteiger partial charge in [0.25, 0.3) is 5.56 Å². The molecule has 162 valence electrons. The third-order valence-corrected chi connectivity index (χ3v) is 7.21. The molecular formula is C23H15BrCl2N2O3S. The monoisotopic (exact) mass is 548 g/mol. The molecule has 5 rings (SSSR count). The van der Waals surface area contributed by atoms with E-state index in [0.717, 1.165) is 15.6 Å².